The van der Waals surface area contributed by atoms with Crippen LogP contribution < -0.4 is 15.1 Å². The van der Waals surface area contributed by atoms with Crippen molar-refractivity contribution in [1.82, 2.24) is 0 Å². The molecule has 27 heavy (non-hydrogen) atoms. The van der Waals surface area contributed by atoms with Gasteiger partial charge >= 0.3 is 0 Å². The molecule has 0 atom stereocenters. The predicted octanol–water partition coefficient (Wildman–Crippen LogP) is 4.18. The lowest BCUT2D eigenvalue weighted by molar-refractivity contribution is -0.117. The highest BCUT2D eigenvalue weighted by Gasteiger charge is 2.21. The molecule has 6 heteroatoms. The van der Waals surface area contributed by atoms with E-state index in [1.165, 1.54) is 6.08 Å². The minimum atomic E-state index is -0.234. The molecular formula is C21H22ClN3O2. The largest absolute Gasteiger partial charge is 0.376 e. The predicted molar refractivity (Wildman–Crippen MR) is 111 cm³/mol. The molecule has 0 aromatic heterocycles. The zero-order valence-electron chi connectivity index (χ0n) is 15.4. The summed E-state index contributed by atoms with van der Waals surface area (Å²) in [6.07, 6.45) is 4.73. The molecule has 1 fully saturated rings. The number of benzene rings is 2. The van der Waals surface area contributed by atoms with Gasteiger partial charge in [0.1, 0.15) is 0 Å². The SMILES string of the molecule is CN(C)c1ccc(NC(=O)/C=C/c2ccc(N3CCCC3=O)cc2)cc1Cl. The number of amides is 2. The lowest BCUT2D eigenvalue weighted by Crippen LogP contribution is -2.23. The van der Waals surface area contributed by atoms with E-state index in [9.17, 15) is 9.59 Å². The second kappa shape index (κ2) is 8.27. The second-order valence-electron chi connectivity index (χ2n) is 6.62. The summed E-state index contributed by atoms with van der Waals surface area (Å²) in [7, 11) is 3.82. The highest BCUT2D eigenvalue weighted by molar-refractivity contribution is 6.33. The maximum absolute atomic E-state index is 12.1. The molecule has 140 valence electrons. The fraction of sp³-hybridized carbons (Fsp3) is 0.238. The van der Waals surface area contributed by atoms with Crippen LogP contribution in [0.4, 0.5) is 17.1 Å². The number of halogens is 1. The molecule has 2 aromatic rings. The molecule has 0 spiro atoms. The molecule has 1 aliphatic heterocycles. The molecule has 2 aromatic carbocycles. The van der Waals surface area contributed by atoms with Crippen LogP contribution in [0.2, 0.25) is 5.02 Å². The van der Waals surface area contributed by atoms with Gasteiger partial charge in [-0.3, -0.25) is 9.59 Å². The number of anilines is 3. The minimum Gasteiger partial charge on any atom is -0.376 e. The second-order valence-corrected chi connectivity index (χ2v) is 7.03. The summed E-state index contributed by atoms with van der Waals surface area (Å²) in [5.41, 5.74) is 3.32. The standard InChI is InChI=1S/C21H22ClN3O2/c1-24(2)19-11-8-16(14-18(19)22)23-20(26)12-7-15-5-9-17(10-6-15)25-13-3-4-21(25)27/h5-12,14H,3-4,13H2,1-2H3,(H,23,26)/b12-7+. The van der Waals surface area contributed by atoms with E-state index in [1.54, 1.807) is 17.0 Å². The Morgan fingerprint density at radius 3 is 2.52 bits per heavy atom. The summed E-state index contributed by atoms with van der Waals surface area (Å²) in [6.45, 7) is 0.769. The van der Waals surface area contributed by atoms with Gasteiger partial charge in [0.2, 0.25) is 11.8 Å². The highest BCUT2D eigenvalue weighted by Crippen LogP contribution is 2.27. The topological polar surface area (TPSA) is 52.7 Å². The first-order valence-corrected chi connectivity index (χ1v) is 9.18. The van der Waals surface area contributed by atoms with E-state index >= 15 is 0 Å². The van der Waals surface area contributed by atoms with E-state index in [4.69, 9.17) is 11.6 Å². The maximum Gasteiger partial charge on any atom is 0.248 e. The Morgan fingerprint density at radius 2 is 1.93 bits per heavy atom. The zero-order valence-corrected chi connectivity index (χ0v) is 16.2. The highest BCUT2D eigenvalue weighted by atomic mass is 35.5. The third-order valence-electron chi connectivity index (χ3n) is 4.40. The van der Waals surface area contributed by atoms with Crippen molar-refractivity contribution in [2.45, 2.75) is 12.8 Å². The maximum atomic E-state index is 12.1. The fourth-order valence-corrected chi connectivity index (χ4v) is 3.34. The van der Waals surface area contributed by atoms with E-state index in [2.05, 4.69) is 5.32 Å². The average molecular weight is 384 g/mol. The Balaban J connectivity index is 1.61. The Kier molecular flexibility index (Phi) is 5.81. The van der Waals surface area contributed by atoms with Gasteiger partial charge in [-0.2, -0.15) is 0 Å². The van der Waals surface area contributed by atoms with Gasteiger partial charge in [0.05, 0.1) is 10.7 Å². The van der Waals surface area contributed by atoms with Crippen molar-refractivity contribution in [1.29, 1.82) is 0 Å². The monoisotopic (exact) mass is 383 g/mol. The molecule has 1 saturated heterocycles. The molecular weight excluding hydrogens is 362 g/mol. The van der Waals surface area contributed by atoms with E-state index in [1.807, 2.05) is 55.4 Å². The summed E-state index contributed by atoms with van der Waals surface area (Å²) in [6, 6.07) is 13.0. The summed E-state index contributed by atoms with van der Waals surface area (Å²) >= 11 is 6.22. The van der Waals surface area contributed by atoms with Crippen LogP contribution in [0, 0.1) is 0 Å². The molecule has 3 rings (SSSR count). The zero-order chi connectivity index (χ0) is 19.4. The van der Waals surface area contributed by atoms with Crippen molar-refractivity contribution in [3.8, 4) is 0 Å². The summed E-state index contributed by atoms with van der Waals surface area (Å²) < 4.78 is 0. The van der Waals surface area contributed by atoms with Gasteiger partial charge in [-0.15, -0.1) is 0 Å². The Labute approximate surface area is 164 Å². The fourth-order valence-electron chi connectivity index (χ4n) is 2.99. The van der Waals surface area contributed by atoms with Gasteiger partial charge in [-0.1, -0.05) is 23.7 Å². The molecule has 0 unspecified atom stereocenters. The number of hydrogen-bond acceptors (Lipinski definition) is 3. The van der Waals surface area contributed by atoms with Crippen LogP contribution in [0.1, 0.15) is 18.4 Å². The third-order valence-corrected chi connectivity index (χ3v) is 4.71. The van der Waals surface area contributed by atoms with Crippen LogP contribution in [-0.2, 0) is 9.59 Å². The van der Waals surface area contributed by atoms with Crippen LogP contribution in [0.5, 0.6) is 0 Å². The normalized spacial score (nSPS) is 14.0. The Hall–Kier alpha value is -2.79. The molecule has 1 aliphatic rings. The van der Waals surface area contributed by atoms with E-state index in [-0.39, 0.29) is 11.8 Å². The number of hydrogen-bond donors (Lipinski definition) is 1. The van der Waals surface area contributed by atoms with E-state index in [0.717, 1.165) is 29.9 Å². The molecule has 1 heterocycles. The molecule has 1 N–H and O–H groups in total. The van der Waals surface area contributed by atoms with Crippen LogP contribution in [0.25, 0.3) is 6.08 Å². The van der Waals surface area contributed by atoms with Crippen molar-refractivity contribution >= 4 is 46.6 Å². The molecule has 0 saturated carbocycles. The first-order valence-electron chi connectivity index (χ1n) is 8.80. The number of carbonyl (C=O) groups is 2. The van der Waals surface area contributed by atoms with Crippen LogP contribution in [0.15, 0.2) is 48.5 Å². The van der Waals surface area contributed by atoms with Gasteiger partial charge in [0.25, 0.3) is 0 Å². The van der Waals surface area contributed by atoms with Crippen molar-refractivity contribution in [2.75, 3.05) is 35.8 Å². The summed E-state index contributed by atoms with van der Waals surface area (Å²) in [5.74, 6) is -0.0703. The van der Waals surface area contributed by atoms with Gasteiger partial charge in [-0.25, -0.2) is 0 Å². The summed E-state index contributed by atoms with van der Waals surface area (Å²) in [5, 5.41) is 3.38. The number of rotatable bonds is 5. The smallest absolute Gasteiger partial charge is 0.248 e. The van der Waals surface area contributed by atoms with Gasteiger partial charge < -0.3 is 15.1 Å². The lowest BCUT2D eigenvalue weighted by atomic mass is 10.2. The van der Waals surface area contributed by atoms with Crippen molar-refractivity contribution in [2.24, 2.45) is 0 Å². The van der Waals surface area contributed by atoms with Crippen molar-refractivity contribution in [3.05, 3.63) is 59.1 Å². The average Bonchev–Trinajstić information content (AvgIpc) is 3.06. The Bertz CT molecular complexity index is 875. The quantitative estimate of drug-likeness (QED) is 0.788. The van der Waals surface area contributed by atoms with E-state index < -0.39 is 0 Å². The molecule has 2 amide bonds. The summed E-state index contributed by atoms with van der Waals surface area (Å²) in [4.78, 5) is 27.6. The van der Waals surface area contributed by atoms with Gasteiger partial charge in [0, 0.05) is 44.5 Å². The lowest BCUT2D eigenvalue weighted by Gasteiger charge is -2.15. The third kappa shape index (κ3) is 4.68. The van der Waals surface area contributed by atoms with E-state index in [0.29, 0.717) is 17.1 Å². The number of nitrogens with zero attached hydrogens (tertiary/aromatic N) is 2. The molecule has 0 radical (unpaired) electrons. The van der Waals surface area contributed by atoms with Gasteiger partial charge in [-0.05, 0) is 48.4 Å². The molecule has 0 bridgehead atoms. The van der Waals surface area contributed by atoms with Crippen LogP contribution >= 0.6 is 11.6 Å². The van der Waals surface area contributed by atoms with Crippen LogP contribution in [0.3, 0.4) is 0 Å². The minimum absolute atomic E-state index is 0.164. The van der Waals surface area contributed by atoms with Crippen molar-refractivity contribution in [3.63, 3.8) is 0 Å². The van der Waals surface area contributed by atoms with Crippen LogP contribution in [-0.4, -0.2) is 32.5 Å². The first-order chi connectivity index (χ1) is 12.9. The number of carbonyl (C=O) groups excluding carboxylic acids is 2. The van der Waals surface area contributed by atoms with Crippen molar-refractivity contribution < 1.29 is 9.59 Å². The Morgan fingerprint density at radius 1 is 1.19 bits per heavy atom. The number of nitrogens with one attached hydrogen (secondary N) is 1. The first kappa shape index (κ1) is 19.0. The molecule has 5 nitrogen and oxygen atoms in total. The molecule has 0 aliphatic carbocycles. The van der Waals surface area contributed by atoms with Gasteiger partial charge in [0.15, 0.2) is 0 Å².